The molecule has 2 aromatic rings. The van der Waals surface area contributed by atoms with Crippen molar-refractivity contribution in [1.82, 2.24) is 15.1 Å². The summed E-state index contributed by atoms with van der Waals surface area (Å²) in [7, 11) is 0. The van der Waals surface area contributed by atoms with Crippen molar-refractivity contribution >= 4 is 5.91 Å². The Morgan fingerprint density at radius 1 is 1.30 bits per heavy atom. The molecule has 0 aliphatic heterocycles. The van der Waals surface area contributed by atoms with Crippen LogP contribution in [0.15, 0.2) is 36.5 Å². The second-order valence-corrected chi connectivity index (χ2v) is 7.69. The van der Waals surface area contributed by atoms with Gasteiger partial charge in [0.25, 0.3) is 5.91 Å². The van der Waals surface area contributed by atoms with Gasteiger partial charge in [0.1, 0.15) is 0 Å². The molecule has 1 saturated carbocycles. The predicted molar refractivity (Wildman–Crippen MR) is 106 cm³/mol. The van der Waals surface area contributed by atoms with Crippen LogP contribution < -0.4 is 15.8 Å². The summed E-state index contributed by atoms with van der Waals surface area (Å²) in [6, 6.07) is 9.85. The van der Waals surface area contributed by atoms with Gasteiger partial charge in [0.05, 0.1) is 18.5 Å². The number of amides is 1. The number of nitrogens with one attached hydrogen (secondary N) is 1. The third-order valence-electron chi connectivity index (χ3n) is 5.02. The molecule has 1 fully saturated rings. The van der Waals surface area contributed by atoms with E-state index in [-0.39, 0.29) is 11.9 Å². The van der Waals surface area contributed by atoms with Crippen LogP contribution in [0.2, 0.25) is 0 Å². The molecule has 2 atom stereocenters. The number of hydrogen-bond donors (Lipinski definition) is 2. The summed E-state index contributed by atoms with van der Waals surface area (Å²) in [5, 5.41) is 7.68. The highest BCUT2D eigenvalue weighted by atomic mass is 16.5. The minimum absolute atomic E-state index is 0.107. The lowest BCUT2D eigenvalue weighted by molar-refractivity contribution is 0.0897. The molecule has 0 saturated heterocycles. The summed E-state index contributed by atoms with van der Waals surface area (Å²) in [5.74, 6) is 1.03. The number of nitrogens with two attached hydrogens (primary N) is 1. The van der Waals surface area contributed by atoms with Crippen molar-refractivity contribution in [3.05, 3.63) is 42.2 Å². The summed E-state index contributed by atoms with van der Waals surface area (Å²) >= 11 is 0. The number of carbonyl (C=O) groups excluding carboxylic acids is 1. The van der Waals surface area contributed by atoms with Gasteiger partial charge in [0, 0.05) is 6.04 Å². The van der Waals surface area contributed by atoms with Gasteiger partial charge in [0.15, 0.2) is 11.4 Å². The van der Waals surface area contributed by atoms with Crippen LogP contribution in [-0.4, -0.2) is 34.9 Å². The molecule has 146 valence electrons. The van der Waals surface area contributed by atoms with Crippen molar-refractivity contribution in [2.24, 2.45) is 17.6 Å². The molecule has 2 unspecified atom stereocenters. The number of aromatic nitrogens is 2. The van der Waals surface area contributed by atoms with Gasteiger partial charge in [-0.2, -0.15) is 5.10 Å². The Morgan fingerprint density at radius 2 is 2.04 bits per heavy atom. The highest BCUT2D eigenvalue weighted by Gasteiger charge is 2.28. The molecule has 6 heteroatoms. The summed E-state index contributed by atoms with van der Waals surface area (Å²) in [6.45, 7) is 5.29. The fourth-order valence-electron chi connectivity index (χ4n) is 3.51. The summed E-state index contributed by atoms with van der Waals surface area (Å²) < 4.78 is 7.60. The van der Waals surface area contributed by atoms with Gasteiger partial charge < -0.3 is 15.8 Å². The van der Waals surface area contributed by atoms with Crippen LogP contribution in [0.3, 0.4) is 0 Å². The number of ether oxygens (including phenoxy) is 1. The Kier molecular flexibility index (Phi) is 6.50. The second kappa shape index (κ2) is 9.04. The maximum atomic E-state index is 13.0. The number of hydrogen-bond acceptors (Lipinski definition) is 4. The standard InChI is InChI=1S/C21H30N4O2/c1-15(2)14-27-19-13-25(17-9-4-3-5-10-17)24-20(19)21(26)23-18-11-7-6-8-16(18)12-22/h3-5,9-10,13,15-16,18H,6-8,11-12,14,22H2,1-2H3,(H,23,26). The molecule has 0 spiro atoms. The molecule has 6 nitrogen and oxygen atoms in total. The van der Waals surface area contributed by atoms with Crippen molar-refractivity contribution in [2.45, 2.75) is 45.6 Å². The molecule has 1 aromatic heterocycles. The molecule has 1 aromatic carbocycles. The van der Waals surface area contributed by atoms with Crippen LogP contribution in [0.5, 0.6) is 5.75 Å². The minimum atomic E-state index is -0.186. The molecule has 1 aliphatic rings. The molecule has 0 radical (unpaired) electrons. The molecule has 1 amide bonds. The normalized spacial score (nSPS) is 19.9. The van der Waals surface area contributed by atoms with E-state index in [0.717, 1.165) is 24.9 Å². The molecular weight excluding hydrogens is 340 g/mol. The molecule has 1 heterocycles. The number of carbonyl (C=O) groups is 1. The maximum absolute atomic E-state index is 13.0. The fraction of sp³-hybridized carbons (Fsp3) is 0.524. The van der Waals surface area contributed by atoms with Crippen molar-refractivity contribution < 1.29 is 9.53 Å². The topological polar surface area (TPSA) is 82.2 Å². The van der Waals surface area contributed by atoms with E-state index in [9.17, 15) is 4.79 Å². The minimum Gasteiger partial charge on any atom is -0.489 e. The van der Waals surface area contributed by atoms with E-state index in [1.54, 1.807) is 10.9 Å². The zero-order valence-electron chi connectivity index (χ0n) is 16.2. The van der Waals surface area contributed by atoms with Crippen LogP contribution in [0.4, 0.5) is 0 Å². The van der Waals surface area contributed by atoms with Gasteiger partial charge in [-0.1, -0.05) is 44.9 Å². The average molecular weight is 370 g/mol. The van der Waals surface area contributed by atoms with Gasteiger partial charge >= 0.3 is 0 Å². The quantitative estimate of drug-likeness (QED) is 0.784. The first kappa shape index (κ1) is 19.4. The van der Waals surface area contributed by atoms with Gasteiger partial charge in [0.2, 0.25) is 0 Å². The number of rotatable bonds is 7. The van der Waals surface area contributed by atoms with Gasteiger partial charge in [-0.15, -0.1) is 0 Å². The maximum Gasteiger partial charge on any atom is 0.275 e. The van der Waals surface area contributed by atoms with E-state index < -0.39 is 0 Å². The molecule has 27 heavy (non-hydrogen) atoms. The largest absolute Gasteiger partial charge is 0.489 e. The van der Waals surface area contributed by atoms with Gasteiger partial charge in [-0.3, -0.25) is 4.79 Å². The van der Waals surface area contributed by atoms with E-state index in [0.29, 0.717) is 36.4 Å². The second-order valence-electron chi connectivity index (χ2n) is 7.69. The first-order valence-corrected chi connectivity index (χ1v) is 9.87. The summed E-state index contributed by atoms with van der Waals surface area (Å²) in [4.78, 5) is 13.0. The van der Waals surface area contributed by atoms with E-state index in [1.165, 1.54) is 6.42 Å². The zero-order chi connectivity index (χ0) is 19.2. The molecule has 3 N–H and O–H groups in total. The highest BCUT2D eigenvalue weighted by molar-refractivity contribution is 5.95. The SMILES string of the molecule is CC(C)COc1cn(-c2ccccc2)nc1C(=O)NC1CCCCC1CN. The Morgan fingerprint density at radius 3 is 2.74 bits per heavy atom. The smallest absolute Gasteiger partial charge is 0.275 e. The van der Waals surface area contributed by atoms with E-state index in [2.05, 4.69) is 24.3 Å². The zero-order valence-corrected chi connectivity index (χ0v) is 16.2. The first-order valence-electron chi connectivity index (χ1n) is 9.87. The van der Waals surface area contributed by atoms with Crippen LogP contribution in [0.1, 0.15) is 50.0 Å². The number of benzene rings is 1. The Bertz CT molecular complexity index is 742. The molecular formula is C21H30N4O2. The Balaban J connectivity index is 1.83. The average Bonchev–Trinajstić information content (AvgIpc) is 3.12. The lowest BCUT2D eigenvalue weighted by Gasteiger charge is -2.31. The van der Waals surface area contributed by atoms with Gasteiger partial charge in [-0.25, -0.2) is 4.68 Å². The first-order chi connectivity index (χ1) is 13.1. The van der Waals surface area contributed by atoms with Crippen LogP contribution in [0.25, 0.3) is 5.69 Å². The summed E-state index contributed by atoms with van der Waals surface area (Å²) in [5.41, 5.74) is 7.13. The van der Waals surface area contributed by atoms with Crippen LogP contribution >= 0.6 is 0 Å². The number of para-hydroxylation sites is 1. The third kappa shape index (κ3) is 4.89. The van der Waals surface area contributed by atoms with E-state index >= 15 is 0 Å². The van der Waals surface area contributed by atoms with Crippen LogP contribution in [-0.2, 0) is 0 Å². The lowest BCUT2D eigenvalue weighted by Crippen LogP contribution is -2.45. The monoisotopic (exact) mass is 370 g/mol. The van der Waals surface area contributed by atoms with E-state index in [1.807, 2.05) is 30.3 Å². The summed E-state index contributed by atoms with van der Waals surface area (Å²) in [6.07, 6.45) is 6.12. The Labute approximate surface area is 161 Å². The third-order valence-corrected chi connectivity index (χ3v) is 5.02. The highest BCUT2D eigenvalue weighted by Crippen LogP contribution is 2.25. The predicted octanol–water partition coefficient (Wildman–Crippen LogP) is 3.15. The van der Waals surface area contributed by atoms with Crippen molar-refractivity contribution in [1.29, 1.82) is 0 Å². The van der Waals surface area contributed by atoms with Crippen molar-refractivity contribution in [3.8, 4) is 11.4 Å². The fourth-order valence-corrected chi connectivity index (χ4v) is 3.51. The van der Waals surface area contributed by atoms with Gasteiger partial charge in [-0.05, 0) is 43.4 Å². The molecule has 3 rings (SSSR count). The Hall–Kier alpha value is -2.34. The lowest BCUT2D eigenvalue weighted by atomic mass is 9.84. The number of nitrogens with zero attached hydrogens (tertiary/aromatic N) is 2. The van der Waals surface area contributed by atoms with Crippen molar-refractivity contribution in [2.75, 3.05) is 13.2 Å². The molecule has 0 bridgehead atoms. The molecule has 1 aliphatic carbocycles. The van der Waals surface area contributed by atoms with E-state index in [4.69, 9.17) is 10.5 Å². The van der Waals surface area contributed by atoms with Crippen LogP contribution in [0, 0.1) is 11.8 Å². The van der Waals surface area contributed by atoms with Crippen molar-refractivity contribution in [3.63, 3.8) is 0 Å².